The topological polar surface area (TPSA) is 75.2 Å². The molecule has 1 aliphatic heterocycles. The summed E-state index contributed by atoms with van der Waals surface area (Å²) >= 11 is 2.67. The zero-order chi connectivity index (χ0) is 17.8. The average Bonchev–Trinajstić information content (AvgIpc) is 3.20. The molecule has 8 heteroatoms. The predicted octanol–water partition coefficient (Wildman–Crippen LogP) is 2.56. The lowest BCUT2D eigenvalue weighted by molar-refractivity contribution is -0.122. The second-order valence-corrected chi connectivity index (χ2v) is 7.75. The number of hydrogen-bond donors (Lipinski definition) is 1. The summed E-state index contributed by atoms with van der Waals surface area (Å²) in [6, 6.07) is 7.66. The van der Waals surface area contributed by atoms with Crippen LogP contribution in [-0.4, -0.2) is 34.3 Å². The third-order valence-electron chi connectivity index (χ3n) is 3.82. The van der Waals surface area contributed by atoms with Gasteiger partial charge >= 0.3 is 0 Å². The van der Waals surface area contributed by atoms with Gasteiger partial charge in [-0.3, -0.25) is 9.59 Å². The molecule has 0 radical (unpaired) electrons. The highest BCUT2D eigenvalue weighted by atomic mass is 32.2. The van der Waals surface area contributed by atoms with E-state index in [9.17, 15) is 9.59 Å². The number of nitrogens with one attached hydrogen (secondary N) is 1. The van der Waals surface area contributed by atoms with Crippen molar-refractivity contribution in [1.29, 1.82) is 0 Å². The van der Waals surface area contributed by atoms with Crippen molar-refractivity contribution in [3.05, 3.63) is 29.8 Å². The maximum Gasteiger partial charge on any atom is 0.231 e. The summed E-state index contributed by atoms with van der Waals surface area (Å²) < 4.78 is 0.706. The third-order valence-corrected chi connectivity index (χ3v) is 5.69. The van der Waals surface area contributed by atoms with Gasteiger partial charge in [0.15, 0.2) is 4.34 Å². The number of terminal acetylenes is 1. The molecule has 25 heavy (non-hydrogen) atoms. The molecule has 6 nitrogen and oxygen atoms in total. The molecule has 0 unspecified atom stereocenters. The highest BCUT2D eigenvalue weighted by Crippen LogP contribution is 2.29. The van der Waals surface area contributed by atoms with Gasteiger partial charge in [-0.15, -0.1) is 16.6 Å². The number of hydrogen-bond acceptors (Lipinski definition) is 6. The van der Waals surface area contributed by atoms with Gasteiger partial charge in [-0.05, 0) is 18.6 Å². The Morgan fingerprint density at radius 3 is 3.04 bits per heavy atom. The van der Waals surface area contributed by atoms with Gasteiger partial charge in [-0.25, -0.2) is 0 Å². The number of carbonyl (C=O) groups excluding carboxylic acids is 2. The van der Waals surface area contributed by atoms with Crippen LogP contribution in [0.4, 0.5) is 10.8 Å². The lowest BCUT2D eigenvalue weighted by Crippen LogP contribution is -2.28. The van der Waals surface area contributed by atoms with Crippen molar-refractivity contribution in [3.63, 3.8) is 0 Å². The molecule has 1 aromatic carbocycles. The van der Waals surface area contributed by atoms with Gasteiger partial charge < -0.3 is 10.2 Å². The van der Waals surface area contributed by atoms with E-state index in [4.69, 9.17) is 6.42 Å². The van der Waals surface area contributed by atoms with E-state index in [0.29, 0.717) is 21.8 Å². The Kier molecular flexibility index (Phi) is 5.36. The first kappa shape index (κ1) is 17.5. The van der Waals surface area contributed by atoms with Gasteiger partial charge in [0, 0.05) is 18.7 Å². The molecule has 2 aromatic rings. The summed E-state index contributed by atoms with van der Waals surface area (Å²) in [6.45, 7) is 2.32. The summed E-state index contributed by atoms with van der Waals surface area (Å²) in [5.41, 5.74) is 1.86. The number of aryl methyl sites for hydroxylation is 1. The van der Waals surface area contributed by atoms with E-state index in [1.165, 1.54) is 23.1 Å². The number of nitrogens with zero attached hydrogens (tertiary/aromatic N) is 3. The van der Waals surface area contributed by atoms with Crippen LogP contribution in [0.15, 0.2) is 28.6 Å². The van der Waals surface area contributed by atoms with E-state index in [2.05, 4.69) is 21.4 Å². The summed E-state index contributed by atoms with van der Waals surface area (Å²) in [5.74, 6) is 2.35. The smallest absolute Gasteiger partial charge is 0.231 e. The van der Waals surface area contributed by atoms with Crippen molar-refractivity contribution < 1.29 is 9.59 Å². The van der Waals surface area contributed by atoms with Crippen molar-refractivity contribution in [1.82, 2.24) is 10.2 Å². The third kappa shape index (κ3) is 4.00. The van der Waals surface area contributed by atoms with Crippen LogP contribution < -0.4 is 10.2 Å². The quantitative estimate of drug-likeness (QED) is 0.496. The number of para-hydroxylation sites is 1. The molecule has 1 N–H and O–H groups in total. The molecule has 1 aliphatic rings. The normalized spacial score (nSPS) is 16.7. The highest BCUT2D eigenvalue weighted by Gasteiger charge is 2.35. The number of carbonyl (C=O) groups is 2. The Hall–Kier alpha value is -2.37. The molecule has 3 rings (SSSR count). The minimum absolute atomic E-state index is 0.0445. The molecule has 2 heterocycles. The maximum atomic E-state index is 12.5. The van der Waals surface area contributed by atoms with Crippen LogP contribution in [-0.2, 0) is 9.59 Å². The minimum Gasteiger partial charge on any atom is -0.311 e. The summed E-state index contributed by atoms with van der Waals surface area (Å²) in [5, 5.41) is 11.1. The van der Waals surface area contributed by atoms with E-state index in [1.54, 1.807) is 4.90 Å². The molecule has 2 amide bonds. The Morgan fingerprint density at radius 2 is 2.28 bits per heavy atom. The molecule has 128 valence electrons. The van der Waals surface area contributed by atoms with Gasteiger partial charge in [0.2, 0.25) is 16.9 Å². The van der Waals surface area contributed by atoms with Crippen molar-refractivity contribution in [2.45, 2.75) is 17.7 Å². The first-order valence-corrected chi connectivity index (χ1v) is 9.45. The average molecular weight is 372 g/mol. The largest absolute Gasteiger partial charge is 0.311 e. The zero-order valence-corrected chi connectivity index (χ0v) is 15.2. The van der Waals surface area contributed by atoms with E-state index in [-0.39, 0.29) is 18.2 Å². The molecule has 0 spiro atoms. The molecule has 1 atom stereocenters. The fourth-order valence-corrected chi connectivity index (χ4v) is 4.05. The van der Waals surface area contributed by atoms with Crippen LogP contribution in [0.25, 0.3) is 0 Å². The lowest BCUT2D eigenvalue weighted by atomic mass is 10.1. The SMILES string of the molecule is C#CCSc1nnc(NC(=O)[C@H]2CC(=O)N(c3ccccc3C)C2)s1. The molecule has 1 aromatic heterocycles. The molecular formula is C17H16N4O2S2. The van der Waals surface area contributed by atoms with Crippen molar-refractivity contribution in [2.24, 2.45) is 5.92 Å². The van der Waals surface area contributed by atoms with Crippen LogP contribution in [0.3, 0.4) is 0 Å². The van der Waals surface area contributed by atoms with Gasteiger partial charge in [-0.2, -0.15) is 0 Å². The second kappa shape index (κ2) is 7.68. The van der Waals surface area contributed by atoms with Crippen molar-refractivity contribution in [2.75, 3.05) is 22.5 Å². The summed E-state index contributed by atoms with van der Waals surface area (Å²) in [6.07, 6.45) is 5.40. The molecular weight excluding hydrogens is 356 g/mol. The number of benzene rings is 1. The maximum absolute atomic E-state index is 12.5. The molecule has 0 saturated carbocycles. The monoisotopic (exact) mass is 372 g/mol. The highest BCUT2D eigenvalue weighted by molar-refractivity contribution is 8.01. The van der Waals surface area contributed by atoms with E-state index in [1.807, 2.05) is 31.2 Å². The van der Waals surface area contributed by atoms with Gasteiger partial charge in [0.05, 0.1) is 11.7 Å². The molecule has 1 saturated heterocycles. The second-order valence-electron chi connectivity index (χ2n) is 5.55. The van der Waals surface area contributed by atoms with E-state index < -0.39 is 5.92 Å². The van der Waals surface area contributed by atoms with E-state index in [0.717, 1.165) is 11.3 Å². The van der Waals surface area contributed by atoms with E-state index >= 15 is 0 Å². The van der Waals surface area contributed by atoms with Crippen molar-refractivity contribution in [3.8, 4) is 12.3 Å². The minimum atomic E-state index is -0.405. The Labute approximate surface area is 154 Å². The number of aromatic nitrogens is 2. The summed E-state index contributed by atoms with van der Waals surface area (Å²) in [7, 11) is 0. The molecule has 1 fully saturated rings. The first-order valence-electron chi connectivity index (χ1n) is 7.65. The van der Waals surface area contributed by atoms with Gasteiger partial charge in [0.1, 0.15) is 0 Å². The van der Waals surface area contributed by atoms with Crippen molar-refractivity contribution >= 4 is 45.7 Å². The molecule has 0 aliphatic carbocycles. The number of rotatable bonds is 5. The van der Waals surface area contributed by atoms with Crippen LogP contribution in [0.1, 0.15) is 12.0 Å². The number of thioether (sulfide) groups is 1. The first-order chi connectivity index (χ1) is 12.1. The van der Waals surface area contributed by atoms with Gasteiger partial charge in [0.25, 0.3) is 0 Å². The molecule has 0 bridgehead atoms. The Balaban J connectivity index is 1.64. The standard InChI is InChI=1S/C17H16N4O2S2/c1-3-8-24-17-20-19-16(25-17)18-15(23)12-9-14(22)21(10-12)13-7-5-4-6-11(13)2/h1,4-7,12H,8-10H2,2H3,(H,18,19,23)/t12-/m0/s1. The fraction of sp³-hybridized carbons (Fsp3) is 0.294. The van der Waals surface area contributed by atoms with Crippen LogP contribution in [0, 0.1) is 25.2 Å². The van der Waals surface area contributed by atoms with Crippen LogP contribution in [0.2, 0.25) is 0 Å². The number of anilines is 2. The predicted molar refractivity (Wildman–Crippen MR) is 99.7 cm³/mol. The summed E-state index contributed by atoms with van der Waals surface area (Å²) in [4.78, 5) is 26.4. The van der Waals surface area contributed by atoms with Gasteiger partial charge in [-0.1, -0.05) is 47.2 Å². The Bertz CT molecular complexity index is 843. The lowest BCUT2D eigenvalue weighted by Gasteiger charge is -2.18. The fourth-order valence-electron chi connectivity index (χ4n) is 2.61. The van der Waals surface area contributed by atoms with Crippen LogP contribution in [0.5, 0.6) is 0 Å². The zero-order valence-electron chi connectivity index (χ0n) is 13.6. The number of amides is 2. The van der Waals surface area contributed by atoms with Crippen LogP contribution >= 0.6 is 23.1 Å². The Morgan fingerprint density at radius 1 is 1.48 bits per heavy atom.